The number of carbonyl (C=O) groups excluding carboxylic acids is 1. The van der Waals surface area contributed by atoms with Crippen LogP contribution in [-0.2, 0) is 0 Å². The molecule has 98 valence electrons. The Morgan fingerprint density at radius 1 is 1.21 bits per heavy atom. The number of carbonyl (C=O) groups is 1. The normalized spacial score (nSPS) is 10.0. The minimum Gasteiger partial charge on any atom is -0.493 e. The van der Waals surface area contributed by atoms with Gasteiger partial charge < -0.3 is 9.47 Å². The van der Waals surface area contributed by atoms with E-state index >= 15 is 0 Å². The zero-order chi connectivity index (χ0) is 13.7. The Labute approximate surface area is 111 Å². The summed E-state index contributed by atoms with van der Waals surface area (Å²) in [6.45, 7) is 2.45. The lowest BCUT2D eigenvalue weighted by Gasteiger charge is -2.10. The molecule has 5 heteroatoms. The summed E-state index contributed by atoms with van der Waals surface area (Å²) < 4.78 is 10.7. The van der Waals surface area contributed by atoms with Crippen molar-refractivity contribution in [1.82, 2.24) is 9.97 Å². The SMILES string of the molecule is CCOc1cc(-c2ncc(C=O)cn2)ccc1OC. The highest BCUT2D eigenvalue weighted by molar-refractivity contribution is 5.74. The minimum atomic E-state index is 0.447. The van der Waals surface area contributed by atoms with Crippen LogP contribution in [-0.4, -0.2) is 30.0 Å². The van der Waals surface area contributed by atoms with Gasteiger partial charge in [-0.15, -0.1) is 0 Å². The number of ether oxygens (including phenoxy) is 2. The molecule has 0 unspecified atom stereocenters. The number of nitrogens with zero attached hydrogens (tertiary/aromatic N) is 2. The van der Waals surface area contributed by atoms with Gasteiger partial charge in [0, 0.05) is 18.0 Å². The maximum absolute atomic E-state index is 10.6. The first kappa shape index (κ1) is 13.0. The molecule has 0 atom stereocenters. The van der Waals surface area contributed by atoms with Gasteiger partial charge in [-0.3, -0.25) is 4.79 Å². The number of hydrogen-bond acceptors (Lipinski definition) is 5. The number of rotatable bonds is 5. The van der Waals surface area contributed by atoms with E-state index in [0.29, 0.717) is 35.8 Å². The van der Waals surface area contributed by atoms with Gasteiger partial charge in [0.05, 0.1) is 19.3 Å². The Balaban J connectivity index is 2.38. The van der Waals surface area contributed by atoms with Crippen LogP contribution in [0.15, 0.2) is 30.6 Å². The van der Waals surface area contributed by atoms with Gasteiger partial charge in [0.1, 0.15) is 0 Å². The first-order valence-electron chi connectivity index (χ1n) is 5.87. The third kappa shape index (κ3) is 2.88. The molecule has 5 nitrogen and oxygen atoms in total. The predicted molar refractivity (Wildman–Crippen MR) is 70.6 cm³/mol. The van der Waals surface area contributed by atoms with Gasteiger partial charge in [-0.1, -0.05) is 0 Å². The Hall–Kier alpha value is -2.43. The van der Waals surface area contributed by atoms with Gasteiger partial charge in [-0.2, -0.15) is 0 Å². The van der Waals surface area contributed by atoms with Gasteiger partial charge in [-0.05, 0) is 25.1 Å². The maximum atomic E-state index is 10.6. The largest absolute Gasteiger partial charge is 0.493 e. The van der Waals surface area contributed by atoms with Crippen LogP contribution in [0.1, 0.15) is 17.3 Å². The smallest absolute Gasteiger partial charge is 0.161 e. The predicted octanol–water partition coefficient (Wildman–Crippen LogP) is 2.36. The average Bonchev–Trinajstić information content (AvgIpc) is 2.47. The molecule has 0 radical (unpaired) electrons. The number of benzene rings is 1. The Morgan fingerprint density at radius 3 is 2.53 bits per heavy atom. The molecular weight excluding hydrogens is 244 g/mol. The highest BCUT2D eigenvalue weighted by Crippen LogP contribution is 2.31. The third-order valence-electron chi connectivity index (χ3n) is 2.53. The summed E-state index contributed by atoms with van der Waals surface area (Å²) in [5.74, 6) is 1.84. The van der Waals surface area contributed by atoms with E-state index in [1.807, 2.05) is 19.1 Å². The van der Waals surface area contributed by atoms with Crippen LogP contribution < -0.4 is 9.47 Å². The van der Waals surface area contributed by atoms with Gasteiger partial charge in [0.25, 0.3) is 0 Å². The van der Waals surface area contributed by atoms with E-state index in [0.717, 1.165) is 5.56 Å². The quantitative estimate of drug-likeness (QED) is 0.770. The molecule has 0 saturated heterocycles. The second-order valence-electron chi connectivity index (χ2n) is 3.76. The molecule has 2 rings (SSSR count). The average molecular weight is 258 g/mol. The molecular formula is C14H14N2O3. The van der Waals surface area contributed by atoms with E-state index in [1.165, 1.54) is 12.4 Å². The first-order chi connectivity index (χ1) is 9.28. The molecule has 0 aliphatic heterocycles. The van der Waals surface area contributed by atoms with Crippen LogP contribution in [0.25, 0.3) is 11.4 Å². The summed E-state index contributed by atoms with van der Waals surface area (Å²) in [5.41, 5.74) is 1.25. The van der Waals surface area contributed by atoms with Crippen molar-refractivity contribution in [3.8, 4) is 22.9 Å². The minimum absolute atomic E-state index is 0.447. The number of methoxy groups -OCH3 is 1. The molecule has 0 amide bonds. The van der Waals surface area contributed by atoms with Gasteiger partial charge in [0.15, 0.2) is 23.6 Å². The molecule has 19 heavy (non-hydrogen) atoms. The Bertz CT molecular complexity index is 567. The molecule has 0 fully saturated rings. The number of hydrogen-bond donors (Lipinski definition) is 0. The maximum Gasteiger partial charge on any atom is 0.161 e. The van der Waals surface area contributed by atoms with Crippen LogP contribution in [0.5, 0.6) is 11.5 Å². The lowest BCUT2D eigenvalue weighted by atomic mass is 10.2. The fourth-order valence-electron chi connectivity index (χ4n) is 1.63. The third-order valence-corrected chi connectivity index (χ3v) is 2.53. The Morgan fingerprint density at radius 2 is 1.95 bits per heavy atom. The number of aldehydes is 1. The fraction of sp³-hybridized carbons (Fsp3) is 0.214. The highest BCUT2D eigenvalue weighted by atomic mass is 16.5. The van der Waals surface area contributed by atoms with E-state index < -0.39 is 0 Å². The van der Waals surface area contributed by atoms with E-state index in [1.54, 1.807) is 13.2 Å². The summed E-state index contributed by atoms with van der Waals surface area (Å²) in [6, 6.07) is 5.47. The van der Waals surface area contributed by atoms with Crippen molar-refractivity contribution in [3.05, 3.63) is 36.2 Å². The summed E-state index contributed by atoms with van der Waals surface area (Å²) >= 11 is 0. The fourth-order valence-corrected chi connectivity index (χ4v) is 1.63. The van der Waals surface area contributed by atoms with Crippen molar-refractivity contribution in [2.45, 2.75) is 6.92 Å². The molecule has 0 bridgehead atoms. The van der Waals surface area contributed by atoms with Gasteiger partial charge in [0.2, 0.25) is 0 Å². The second kappa shape index (κ2) is 5.95. The molecule has 1 aromatic carbocycles. The van der Waals surface area contributed by atoms with Crippen molar-refractivity contribution in [2.75, 3.05) is 13.7 Å². The second-order valence-corrected chi connectivity index (χ2v) is 3.76. The monoisotopic (exact) mass is 258 g/mol. The van der Waals surface area contributed by atoms with Crippen LogP contribution in [0.4, 0.5) is 0 Å². The summed E-state index contributed by atoms with van der Waals surface area (Å²) in [6.07, 6.45) is 3.68. The molecule has 0 aliphatic carbocycles. The molecule has 0 N–H and O–H groups in total. The standard InChI is InChI=1S/C14H14N2O3/c1-3-19-13-6-11(4-5-12(13)18-2)14-15-7-10(9-17)8-16-14/h4-9H,3H2,1-2H3. The molecule has 1 heterocycles. The van der Waals surface area contributed by atoms with Crippen LogP contribution >= 0.6 is 0 Å². The molecule has 1 aromatic heterocycles. The van der Waals surface area contributed by atoms with E-state index in [-0.39, 0.29) is 0 Å². The summed E-state index contributed by atoms with van der Waals surface area (Å²) in [4.78, 5) is 18.8. The zero-order valence-corrected chi connectivity index (χ0v) is 10.8. The van der Waals surface area contributed by atoms with Crippen LogP contribution in [0, 0.1) is 0 Å². The van der Waals surface area contributed by atoms with Crippen LogP contribution in [0.3, 0.4) is 0 Å². The first-order valence-corrected chi connectivity index (χ1v) is 5.87. The lowest BCUT2D eigenvalue weighted by molar-refractivity contribution is 0.112. The molecule has 2 aromatic rings. The van der Waals surface area contributed by atoms with Gasteiger partial charge >= 0.3 is 0 Å². The lowest BCUT2D eigenvalue weighted by Crippen LogP contribution is -1.97. The Kier molecular flexibility index (Phi) is 4.07. The van der Waals surface area contributed by atoms with Crippen molar-refractivity contribution < 1.29 is 14.3 Å². The van der Waals surface area contributed by atoms with E-state index in [4.69, 9.17) is 9.47 Å². The molecule has 0 aliphatic rings. The van der Waals surface area contributed by atoms with Crippen molar-refractivity contribution in [1.29, 1.82) is 0 Å². The molecule has 0 saturated carbocycles. The summed E-state index contributed by atoms with van der Waals surface area (Å²) in [5, 5.41) is 0. The van der Waals surface area contributed by atoms with Crippen molar-refractivity contribution in [3.63, 3.8) is 0 Å². The summed E-state index contributed by atoms with van der Waals surface area (Å²) in [7, 11) is 1.59. The van der Waals surface area contributed by atoms with Crippen molar-refractivity contribution >= 4 is 6.29 Å². The number of aromatic nitrogens is 2. The van der Waals surface area contributed by atoms with E-state index in [9.17, 15) is 4.79 Å². The van der Waals surface area contributed by atoms with Crippen molar-refractivity contribution in [2.24, 2.45) is 0 Å². The van der Waals surface area contributed by atoms with Crippen LogP contribution in [0.2, 0.25) is 0 Å². The topological polar surface area (TPSA) is 61.3 Å². The van der Waals surface area contributed by atoms with Gasteiger partial charge in [-0.25, -0.2) is 9.97 Å². The highest BCUT2D eigenvalue weighted by Gasteiger charge is 2.08. The zero-order valence-electron chi connectivity index (χ0n) is 10.8. The molecule has 0 spiro atoms. The van der Waals surface area contributed by atoms with E-state index in [2.05, 4.69) is 9.97 Å².